The van der Waals surface area contributed by atoms with Gasteiger partial charge in [0.05, 0.1) is 10.6 Å². The normalized spacial score (nSPS) is 10.0. The SMILES string of the molecule is CNC(=O)c1cccc(NC(=O)COC(=O)c2cnc(Cl)c(Cl)c2)c1. The van der Waals surface area contributed by atoms with Crippen LogP contribution in [0.3, 0.4) is 0 Å². The molecule has 0 fully saturated rings. The zero-order valence-electron chi connectivity index (χ0n) is 13.0. The number of aromatic nitrogens is 1. The Bertz CT molecular complexity index is 827. The molecule has 25 heavy (non-hydrogen) atoms. The van der Waals surface area contributed by atoms with Crippen LogP contribution in [0.5, 0.6) is 0 Å². The zero-order valence-corrected chi connectivity index (χ0v) is 14.5. The van der Waals surface area contributed by atoms with E-state index in [1.54, 1.807) is 18.2 Å². The van der Waals surface area contributed by atoms with Crippen molar-refractivity contribution in [1.29, 1.82) is 0 Å². The molecular weight excluding hydrogens is 369 g/mol. The summed E-state index contributed by atoms with van der Waals surface area (Å²) in [5.74, 6) is -1.61. The van der Waals surface area contributed by atoms with Crippen LogP contribution in [0, 0.1) is 0 Å². The molecule has 9 heteroatoms. The summed E-state index contributed by atoms with van der Waals surface area (Å²) < 4.78 is 4.88. The highest BCUT2D eigenvalue weighted by molar-refractivity contribution is 6.41. The van der Waals surface area contributed by atoms with Crippen LogP contribution >= 0.6 is 23.2 Å². The second-order valence-corrected chi connectivity index (χ2v) is 5.55. The number of carbonyl (C=O) groups is 3. The largest absolute Gasteiger partial charge is 0.452 e. The van der Waals surface area contributed by atoms with Crippen molar-refractivity contribution in [2.24, 2.45) is 0 Å². The maximum absolute atomic E-state index is 11.9. The van der Waals surface area contributed by atoms with Gasteiger partial charge in [0.2, 0.25) is 0 Å². The standard InChI is InChI=1S/C16H13Cl2N3O4/c1-19-15(23)9-3-2-4-11(5-9)21-13(22)8-25-16(24)10-6-12(17)14(18)20-7-10/h2-7H,8H2,1H3,(H,19,23)(H,21,22). The van der Waals surface area contributed by atoms with Crippen molar-refractivity contribution >= 4 is 46.7 Å². The molecule has 1 heterocycles. The molecule has 0 saturated heterocycles. The number of carbonyl (C=O) groups excluding carboxylic acids is 3. The second kappa shape index (κ2) is 8.46. The molecule has 2 amide bonds. The van der Waals surface area contributed by atoms with Crippen LogP contribution in [0.4, 0.5) is 5.69 Å². The van der Waals surface area contributed by atoms with Gasteiger partial charge in [-0.1, -0.05) is 29.3 Å². The van der Waals surface area contributed by atoms with Crippen molar-refractivity contribution in [2.75, 3.05) is 19.0 Å². The van der Waals surface area contributed by atoms with E-state index < -0.39 is 18.5 Å². The van der Waals surface area contributed by atoms with Crippen LogP contribution in [0.25, 0.3) is 0 Å². The molecule has 2 aromatic rings. The lowest BCUT2D eigenvalue weighted by molar-refractivity contribution is -0.119. The highest BCUT2D eigenvalue weighted by Gasteiger charge is 2.13. The average Bonchev–Trinajstić information content (AvgIpc) is 2.61. The Kier molecular flexibility index (Phi) is 6.32. The minimum Gasteiger partial charge on any atom is -0.452 e. The number of benzene rings is 1. The number of amides is 2. The first-order valence-corrected chi connectivity index (χ1v) is 7.76. The first-order valence-electron chi connectivity index (χ1n) is 7.01. The summed E-state index contributed by atoms with van der Waals surface area (Å²) in [6, 6.07) is 7.62. The number of nitrogens with zero attached hydrogens (tertiary/aromatic N) is 1. The molecule has 0 spiro atoms. The topological polar surface area (TPSA) is 97.4 Å². The maximum atomic E-state index is 11.9. The van der Waals surface area contributed by atoms with E-state index >= 15 is 0 Å². The number of nitrogens with one attached hydrogen (secondary N) is 2. The zero-order chi connectivity index (χ0) is 18.4. The molecule has 7 nitrogen and oxygen atoms in total. The molecule has 0 aliphatic rings. The molecule has 0 unspecified atom stereocenters. The first-order chi connectivity index (χ1) is 11.9. The summed E-state index contributed by atoms with van der Waals surface area (Å²) >= 11 is 11.4. The molecule has 0 atom stereocenters. The molecule has 0 aliphatic heterocycles. The number of ether oxygens (including phenoxy) is 1. The van der Waals surface area contributed by atoms with E-state index in [-0.39, 0.29) is 21.6 Å². The van der Waals surface area contributed by atoms with Gasteiger partial charge >= 0.3 is 5.97 Å². The summed E-state index contributed by atoms with van der Waals surface area (Å²) in [5.41, 5.74) is 0.862. The minimum atomic E-state index is -0.764. The number of esters is 1. The average molecular weight is 382 g/mol. The lowest BCUT2D eigenvalue weighted by atomic mass is 10.2. The first kappa shape index (κ1) is 18.7. The van der Waals surface area contributed by atoms with Crippen molar-refractivity contribution in [1.82, 2.24) is 10.3 Å². The molecule has 0 aliphatic carbocycles. The fraction of sp³-hybridized carbons (Fsp3) is 0.125. The van der Waals surface area contributed by atoms with Gasteiger partial charge in [-0.3, -0.25) is 9.59 Å². The van der Waals surface area contributed by atoms with E-state index in [4.69, 9.17) is 27.9 Å². The third-order valence-corrected chi connectivity index (χ3v) is 3.69. The van der Waals surface area contributed by atoms with Gasteiger partial charge in [-0.15, -0.1) is 0 Å². The van der Waals surface area contributed by atoms with Gasteiger partial charge in [0.1, 0.15) is 5.15 Å². The highest BCUT2D eigenvalue weighted by Crippen LogP contribution is 2.20. The highest BCUT2D eigenvalue weighted by atomic mass is 35.5. The Labute approximate surface area is 153 Å². The van der Waals surface area contributed by atoms with Crippen molar-refractivity contribution in [3.8, 4) is 0 Å². The number of hydrogen-bond acceptors (Lipinski definition) is 5. The summed E-state index contributed by atoms with van der Waals surface area (Å²) in [4.78, 5) is 39.0. The fourth-order valence-electron chi connectivity index (χ4n) is 1.83. The number of hydrogen-bond donors (Lipinski definition) is 2. The van der Waals surface area contributed by atoms with E-state index in [9.17, 15) is 14.4 Å². The Morgan fingerprint density at radius 3 is 2.60 bits per heavy atom. The third kappa shape index (κ3) is 5.17. The Morgan fingerprint density at radius 1 is 1.16 bits per heavy atom. The number of pyridine rings is 1. The lowest BCUT2D eigenvalue weighted by Crippen LogP contribution is -2.22. The van der Waals surface area contributed by atoms with Gasteiger partial charge in [0.15, 0.2) is 6.61 Å². The number of anilines is 1. The molecule has 2 N–H and O–H groups in total. The molecule has 1 aromatic carbocycles. The summed E-state index contributed by atoms with van der Waals surface area (Å²) in [6.45, 7) is -0.511. The van der Waals surface area contributed by atoms with Crippen molar-refractivity contribution in [2.45, 2.75) is 0 Å². The lowest BCUT2D eigenvalue weighted by Gasteiger charge is -2.08. The van der Waals surface area contributed by atoms with Gasteiger partial charge in [-0.2, -0.15) is 0 Å². The van der Waals surface area contributed by atoms with Gasteiger partial charge < -0.3 is 15.4 Å². The van der Waals surface area contributed by atoms with E-state index in [1.165, 1.54) is 25.4 Å². The molecule has 0 bridgehead atoms. The summed E-state index contributed by atoms with van der Waals surface area (Å²) in [6.07, 6.45) is 1.20. The maximum Gasteiger partial charge on any atom is 0.340 e. The van der Waals surface area contributed by atoms with Crippen LogP contribution < -0.4 is 10.6 Å². The van der Waals surface area contributed by atoms with Crippen LogP contribution in [-0.4, -0.2) is 36.4 Å². The predicted molar refractivity (Wildman–Crippen MR) is 93.0 cm³/mol. The summed E-state index contributed by atoms with van der Waals surface area (Å²) in [5, 5.41) is 5.18. The van der Waals surface area contributed by atoms with Crippen molar-refractivity contribution in [3.05, 3.63) is 57.8 Å². The fourth-order valence-corrected chi connectivity index (χ4v) is 2.10. The number of halogens is 2. The van der Waals surface area contributed by atoms with E-state index in [0.717, 1.165) is 0 Å². The molecule has 0 radical (unpaired) electrons. The second-order valence-electron chi connectivity index (χ2n) is 4.78. The molecule has 0 saturated carbocycles. The smallest absolute Gasteiger partial charge is 0.340 e. The molecule has 1 aromatic heterocycles. The molecular formula is C16H13Cl2N3O4. The van der Waals surface area contributed by atoms with Gasteiger partial charge in [0, 0.05) is 24.5 Å². The van der Waals surface area contributed by atoms with E-state index in [0.29, 0.717) is 11.3 Å². The minimum absolute atomic E-state index is 0.0620. The Balaban J connectivity index is 1.93. The predicted octanol–water partition coefficient (Wildman–Crippen LogP) is 2.54. The number of rotatable bonds is 5. The van der Waals surface area contributed by atoms with Crippen LogP contribution in [0.15, 0.2) is 36.5 Å². The monoisotopic (exact) mass is 381 g/mol. The van der Waals surface area contributed by atoms with Gasteiger partial charge in [-0.05, 0) is 24.3 Å². The molecule has 2 rings (SSSR count). The van der Waals surface area contributed by atoms with E-state index in [2.05, 4.69) is 15.6 Å². The quantitative estimate of drug-likeness (QED) is 0.612. The third-order valence-electron chi connectivity index (χ3n) is 3.00. The van der Waals surface area contributed by atoms with Crippen LogP contribution in [0.2, 0.25) is 10.2 Å². The van der Waals surface area contributed by atoms with E-state index in [1.807, 2.05) is 0 Å². The Morgan fingerprint density at radius 2 is 1.92 bits per heavy atom. The van der Waals surface area contributed by atoms with Crippen LogP contribution in [-0.2, 0) is 9.53 Å². The summed E-state index contributed by atoms with van der Waals surface area (Å²) in [7, 11) is 1.50. The Hall–Kier alpha value is -2.64. The van der Waals surface area contributed by atoms with Crippen molar-refractivity contribution in [3.63, 3.8) is 0 Å². The van der Waals surface area contributed by atoms with Gasteiger partial charge in [-0.25, -0.2) is 9.78 Å². The van der Waals surface area contributed by atoms with Crippen LogP contribution in [0.1, 0.15) is 20.7 Å². The van der Waals surface area contributed by atoms with Crippen molar-refractivity contribution < 1.29 is 19.1 Å². The van der Waals surface area contributed by atoms with Gasteiger partial charge in [0.25, 0.3) is 11.8 Å². The molecule has 130 valence electrons.